The fraction of sp³-hybridized carbons (Fsp3) is 0.364. The summed E-state index contributed by atoms with van der Waals surface area (Å²) in [5.74, 6) is -0.645. The SMILES string of the molecule is COC(=O)c1ccc(Br)cc1COC(F)C(F)F. The van der Waals surface area contributed by atoms with Crippen molar-refractivity contribution in [2.75, 3.05) is 7.11 Å². The summed E-state index contributed by atoms with van der Waals surface area (Å²) in [5, 5.41) is 0. The van der Waals surface area contributed by atoms with E-state index in [0.29, 0.717) is 4.47 Å². The van der Waals surface area contributed by atoms with Gasteiger partial charge in [-0.25, -0.2) is 18.0 Å². The predicted molar refractivity (Wildman–Crippen MR) is 61.2 cm³/mol. The maximum absolute atomic E-state index is 12.6. The Hall–Kier alpha value is -1.08. The molecular formula is C11H10BrF3O3. The van der Waals surface area contributed by atoms with Crippen molar-refractivity contribution in [3.05, 3.63) is 33.8 Å². The van der Waals surface area contributed by atoms with E-state index in [2.05, 4.69) is 25.4 Å². The van der Waals surface area contributed by atoms with Crippen LogP contribution in [0.2, 0.25) is 0 Å². The number of methoxy groups -OCH3 is 1. The van der Waals surface area contributed by atoms with Gasteiger partial charge >= 0.3 is 5.97 Å². The van der Waals surface area contributed by atoms with Crippen molar-refractivity contribution in [2.45, 2.75) is 19.4 Å². The van der Waals surface area contributed by atoms with Gasteiger partial charge in [0.2, 0.25) is 0 Å². The molecule has 0 saturated carbocycles. The maximum atomic E-state index is 12.6. The minimum atomic E-state index is -3.22. The van der Waals surface area contributed by atoms with Gasteiger partial charge in [0, 0.05) is 4.47 Å². The molecule has 1 unspecified atom stereocenters. The molecule has 7 heteroatoms. The topological polar surface area (TPSA) is 35.5 Å². The predicted octanol–water partition coefficient (Wildman–Crippen LogP) is 3.31. The molecule has 0 aliphatic carbocycles. The fourth-order valence-electron chi connectivity index (χ4n) is 1.23. The Morgan fingerprint density at radius 1 is 1.39 bits per heavy atom. The van der Waals surface area contributed by atoms with Gasteiger partial charge in [0.15, 0.2) is 0 Å². The molecule has 0 N–H and O–H groups in total. The Bertz CT molecular complexity index is 426. The minimum absolute atomic E-state index is 0.141. The first-order valence-corrected chi connectivity index (χ1v) is 5.65. The summed E-state index contributed by atoms with van der Waals surface area (Å²) in [4.78, 5) is 11.4. The Kier molecular flexibility index (Phi) is 5.61. The van der Waals surface area contributed by atoms with Gasteiger partial charge in [-0.1, -0.05) is 15.9 Å². The first-order chi connectivity index (χ1) is 8.45. The van der Waals surface area contributed by atoms with E-state index in [0.717, 1.165) is 0 Å². The van der Waals surface area contributed by atoms with Crippen molar-refractivity contribution in [1.29, 1.82) is 0 Å². The summed E-state index contributed by atoms with van der Waals surface area (Å²) in [6, 6.07) is 4.49. The highest BCUT2D eigenvalue weighted by Gasteiger charge is 2.21. The van der Waals surface area contributed by atoms with Crippen molar-refractivity contribution in [1.82, 2.24) is 0 Å². The number of alkyl halides is 3. The van der Waals surface area contributed by atoms with Crippen LogP contribution < -0.4 is 0 Å². The Morgan fingerprint density at radius 3 is 2.61 bits per heavy atom. The van der Waals surface area contributed by atoms with Crippen molar-refractivity contribution in [3.63, 3.8) is 0 Å². The van der Waals surface area contributed by atoms with Gasteiger partial charge in [0.25, 0.3) is 12.8 Å². The summed E-state index contributed by atoms with van der Waals surface area (Å²) in [5.41, 5.74) is 0.404. The molecule has 0 aliphatic heterocycles. The second-order valence-corrected chi connectivity index (χ2v) is 4.21. The van der Waals surface area contributed by atoms with Crippen LogP contribution in [-0.4, -0.2) is 25.9 Å². The smallest absolute Gasteiger partial charge is 0.338 e. The van der Waals surface area contributed by atoms with Crippen LogP contribution in [0.5, 0.6) is 0 Å². The van der Waals surface area contributed by atoms with Crippen LogP contribution in [0.3, 0.4) is 0 Å². The molecule has 1 atom stereocenters. The van der Waals surface area contributed by atoms with E-state index in [1.165, 1.54) is 19.2 Å². The third-order valence-electron chi connectivity index (χ3n) is 2.07. The standard InChI is InChI=1S/C11H10BrF3O3/c1-17-11(16)8-3-2-7(12)4-6(8)5-18-10(15)9(13)14/h2-4,9-10H,5H2,1H3. The number of carbonyl (C=O) groups excluding carboxylic acids is 1. The van der Waals surface area contributed by atoms with Crippen LogP contribution in [0.15, 0.2) is 22.7 Å². The lowest BCUT2D eigenvalue weighted by Crippen LogP contribution is -2.17. The zero-order valence-electron chi connectivity index (χ0n) is 9.33. The number of hydrogen-bond acceptors (Lipinski definition) is 3. The third-order valence-corrected chi connectivity index (χ3v) is 2.56. The Labute approximate surface area is 110 Å². The number of benzene rings is 1. The number of rotatable bonds is 5. The molecule has 0 spiro atoms. The second-order valence-electron chi connectivity index (χ2n) is 3.29. The molecule has 18 heavy (non-hydrogen) atoms. The van der Waals surface area contributed by atoms with E-state index in [1.807, 2.05) is 0 Å². The minimum Gasteiger partial charge on any atom is -0.465 e. The van der Waals surface area contributed by atoms with Crippen LogP contribution in [0, 0.1) is 0 Å². The molecule has 0 heterocycles. The number of hydrogen-bond donors (Lipinski definition) is 0. The number of ether oxygens (including phenoxy) is 2. The molecule has 1 aromatic carbocycles. The van der Waals surface area contributed by atoms with E-state index in [9.17, 15) is 18.0 Å². The van der Waals surface area contributed by atoms with Gasteiger partial charge in [-0.15, -0.1) is 0 Å². The molecule has 0 radical (unpaired) electrons. The van der Waals surface area contributed by atoms with Crippen LogP contribution in [0.25, 0.3) is 0 Å². The highest BCUT2D eigenvalue weighted by Crippen LogP contribution is 2.20. The normalized spacial score (nSPS) is 12.6. The Balaban J connectivity index is 2.86. The summed E-state index contributed by atoms with van der Waals surface area (Å²) >= 11 is 3.15. The van der Waals surface area contributed by atoms with E-state index < -0.39 is 25.4 Å². The van der Waals surface area contributed by atoms with Crippen LogP contribution >= 0.6 is 15.9 Å². The molecule has 3 nitrogen and oxygen atoms in total. The molecule has 0 bridgehead atoms. The maximum Gasteiger partial charge on any atom is 0.338 e. The van der Waals surface area contributed by atoms with Crippen LogP contribution in [0.1, 0.15) is 15.9 Å². The van der Waals surface area contributed by atoms with Gasteiger partial charge in [-0.05, 0) is 23.8 Å². The van der Waals surface area contributed by atoms with Crippen molar-refractivity contribution < 1.29 is 27.4 Å². The van der Waals surface area contributed by atoms with Crippen LogP contribution in [-0.2, 0) is 16.1 Å². The quantitative estimate of drug-likeness (QED) is 0.779. The fourth-order valence-corrected chi connectivity index (χ4v) is 1.64. The zero-order chi connectivity index (χ0) is 13.7. The third kappa shape index (κ3) is 3.99. The monoisotopic (exact) mass is 326 g/mol. The highest BCUT2D eigenvalue weighted by molar-refractivity contribution is 9.10. The summed E-state index contributed by atoms with van der Waals surface area (Å²) in [7, 11) is 1.19. The zero-order valence-corrected chi connectivity index (χ0v) is 10.9. The Morgan fingerprint density at radius 2 is 2.06 bits per heavy atom. The lowest BCUT2D eigenvalue weighted by molar-refractivity contribution is -0.135. The molecule has 0 aliphatic rings. The second kappa shape index (κ2) is 6.75. The van der Waals surface area contributed by atoms with Crippen molar-refractivity contribution in [3.8, 4) is 0 Å². The highest BCUT2D eigenvalue weighted by atomic mass is 79.9. The molecule has 100 valence electrons. The summed E-state index contributed by atoms with van der Waals surface area (Å²) < 4.78 is 46.0. The van der Waals surface area contributed by atoms with E-state index in [-0.39, 0.29) is 11.1 Å². The van der Waals surface area contributed by atoms with Gasteiger partial charge in [0.05, 0.1) is 19.3 Å². The molecule has 0 aromatic heterocycles. The van der Waals surface area contributed by atoms with E-state index in [1.54, 1.807) is 6.07 Å². The van der Waals surface area contributed by atoms with Crippen LogP contribution in [0.4, 0.5) is 13.2 Å². The summed E-state index contributed by atoms with van der Waals surface area (Å²) in [6.45, 7) is -0.449. The van der Waals surface area contributed by atoms with Gasteiger partial charge in [-0.2, -0.15) is 0 Å². The van der Waals surface area contributed by atoms with E-state index >= 15 is 0 Å². The molecule has 1 rings (SSSR count). The van der Waals surface area contributed by atoms with Gasteiger partial charge < -0.3 is 9.47 Å². The van der Waals surface area contributed by atoms with E-state index in [4.69, 9.17) is 0 Å². The molecule has 0 amide bonds. The lowest BCUT2D eigenvalue weighted by Gasteiger charge is -2.11. The lowest BCUT2D eigenvalue weighted by atomic mass is 10.1. The average molecular weight is 327 g/mol. The van der Waals surface area contributed by atoms with Gasteiger partial charge in [0.1, 0.15) is 0 Å². The first-order valence-electron chi connectivity index (χ1n) is 4.86. The average Bonchev–Trinajstić information content (AvgIpc) is 2.34. The number of halogens is 4. The number of esters is 1. The number of carbonyl (C=O) groups is 1. The molecule has 1 aromatic rings. The molecule has 0 saturated heterocycles. The van der Waals surface area contributed by atoms with Gasteiger partial charge in [-0.3, -0.25) is 0 Å². The van der Waals surface area contributed by atoms with Crippen molar-refractivity contribution >= 4 is 21.9 Å². The largest absolute Gasteiger partial charge is 0.465 e. The molecular weight excluding hydrogens is 317 g/mol. The molecule has 0 fully saturated rings. The van der Waals surface area contributed by atoms with Crippen molar-refractivity contribution in [2.24, 2.45) is 0 Å². The first kappa shape index (κ1) is 15.0. The summed E-state index contributed by atoms with van der Waals surface area (Å²) in [6.07, 6.45) is -5.91.